The first-order valence-corrected chi connectivity index (χ1v) is 8.36. The summed E-state index contributed by atoms with van der Waals surface area (Å²) in [5.74, 6) is 4.85. The lowest BCUT2D eigenvalue weighted by Crippen LogP contribution is -2.46. The van der Waals surface area contributed by atoms with Crippen LogP contribution in [0.4, 0.5) is 17.6 Å². The third kappa shape index (κ3) is 4.46. The molecule has 1 aliphatic rings. The molecule has 2 aromatic rings. The van der Waals surface area contributed by atoms with Crippen LogP contribution in [0.15, 0.2) is 41.7 Å². The molecule has 1 aromatic heterocycles. The molecule has 2 heterocycles. The molecular formula is C20H14F4N4O. The van der Waals surface area contributed by atoms with E-state index in [0.717, 1.165) is 6.07 Å². The SMILES string of the molecule is CC1(c2cc(C#Cc3cncc(C#N)c3)ccc2F)C[C@@H](C(F)(F)F)OC(N)=N1. The van der Waals surface area contributed by atoms with Crippen molar-refractivity contribution in [3.8, 4) is 17.9 Å². The second-order valence-corrected chi connectivity index (χ2v) is 6.59. The minimum Gasteiger partial charge on any atom is -0.452 e. The molecule has 0 fully saturated rings. The molecule has 0 bridgehead atoms. The highest BCUT2D eigenvalue weighted by atomic mass is 19.4. The van der Waals surface area contributed by atoms with Gasteiger partial charge in [-0.3, -0.25) is 4.98 Å². The molecule has 2 atom stereocenters. The molecule has 0 spiro atoms. The van der Waals surface area contributed by atoms with Crippen molar-refractivity contribution >= 4 is 6.02 Å². The number of pyridine rings is 1. The number of amidine groups is 1. The molecule has 0 saturated carbocycles. The average Bonchev–Trinajstić information content (AvgIpc) is 2.66. The minimum absolute atomic E-state index is 0.0753. The molecule has 0 aliphatic carbocycles. The number of ether oxygens (including phenoxy) is 1. The van der Waals surface area contributed by atoms with E-state index >= 15 is 0 Å². The Kier molecular flexibility index (Phi) is 5.17. The lowest BCUT2D eigenvalue weighted by molar-refractivity contribution is -0.208. The van der Waals surface area contributed by atoms with Gasteiger partial charge in [-0.2, -0.15) is 18.4 Å². The Morgan fingerprint density at radius 2 is 1.86 bits per heavy atom. The maximum absolute atomic E-state index is 14.5. The lowest BCUT2D eigenvalue weighted by atomic mass is 9.84. The molecule has 9 heteroatoms. The zero-order chi connectivity index (χ0) is 21.2. The van der Waals surface area contributed by atoms with Crippen LogP contribution in [0.2, 0.25) is 0 Å². The molecule has 3 rings (SSSR count). The Bertz CT molecular complexity index is 1080. The van der Waals surface area contributed by atoms with Crippen molar-refractivity contribution in [1.29, 1.82) is 5.26 Å². The summed E-state index contributed by atoms with van der Waals surface area (Å²) in [5.41, 5.74) is 4.92. The summed E-state index contributed by atoms with van der Waals surface area (Å²) in [6.07, 6.45) is -4.66. The van der Waals surface area contributed by atoms with Gasteiger partial charge in [-0.05, 0) is 31.2 Å². The van der Waals surface area contributed by atoms with Gasteiger partial charge in [0.25, 0.3) is 6.02 Å². The molecular weight excluding hydrogens is 388 g/mol. The lowest BCUT2D eigenvalue weighted by Gasteiger charge is -2.35. The second-order valence-electron chi connectivity index (χ2n) is 6.59. The van der Waals surface area contributed by atoms with Crippen molar-refractivity contribution in [2.45, 2.75) is 31.2 Å². The third-order valence-electron chi connectivity index (χ3n) is 4.33. The quantitative estimate of drug-likeness (QED) is 0.586. The number of hydrogen-bond acceptors (Lipinski definition) is 5. The van der Waals surface area contributed by atoms with Gasteiger partial charge >= 0.3 is 6.18 Å². The Morgan fingerprint density at radius 1 is 1.17 bits per heavy atom. The van der Waals surface area contributed by atoms with E-state index in [2.05, 4.69) is 26.6 Å². The second kappa shape index (κ2) is 7.44. The molecule has 1 aromatic carbocycles. The largest absolute Gasteiger partial charge is 0.452 e. The van der Waals surface area contributed by atoms with Gasteiger partial charge in [0, 0.05) is 35.5 Å². The first-order valence-electron chi connectivity index (χ1n) is 8.36. The van der Waals surface area contributed by atoms with E-state index in [1.807, 2.05) is 6.07 Å². The van der Waals surface area contributed by atoms with Gasteiger partial charge in [0.1, 0.15) is 11.9 Å². The molecule has 0 amide bonds. The van der Waals surface area contributed by atoms with Gasteiger partial charge in [-0.25, -0.2) is 9.38 Å². The van der Waals surface area contributed by atoms with Gasteiger partial charge in [0.05, 0.1) is 11.1 Å². The summed E-state index contributed by atoms with van der Waals surface area (Å²) in [6, 6.07) is 6.65. The van der Waals surface area contributed by atoms with Crippen molar-refractivity contribution in [2.24, 2.45) is 10.7 Å². The number of rotatable bonds is 1. The van der Waals surface area contributed by atoms with Gasteiger partial charge in [0.2, 0.25) is 0 Å². The van der Waals surface area contributed by atoms with Crippen LogP contribution in [0.1, 0.15) is 35.6 Å². The Balaban J connectivity index is 1.98. The van der Waals surface area contributed by atoms with E-state index in [9.17, 15) is 17.6 Å². The van der Waals surface area contributed by atoms with Gasteiger partial charge in [0.15, 0.2) is 6.10 Å². The molecule has 148 valence electrons. The number of nitriles is 1. The number of aromatic nitrogens is 1. The zero-order valence-electron chi connectivity index (χ0n) is 15.1. The molecule has 2 N–H and O–H groups in total. The molecule has 0 saturated heterocycles. The van der Waals surface area contributed by atoms with Crippen LogP contribution >= 0.6 is 0 Å². The maximum atomic E-state index is 14.5. The predicted octanol–water partition coefficient (Wildman–Crippen LogP) is 3.37. The average molecular weight is 402 g/mol. The number of nitrogens with zero attached hydrogens (tertiary/aromatic N) is 3. The van der Waals surface area contributed by atoms with Crippen molar-refractivity contribution in [3.05, 3.63) is 64.7 Å². The van der Waals surface area contributed by atoms with E-state index in [-0.39, 0.29) is 5.56 Å². The number of hydrogen-bond donors (Lipinski definition) is 1. The monoisotopic (exact) mass is 402 g/mol. The normalized spacial score (nSPS) is 21.2. The van der Waals surface area contributed by atoms with Crippen LogP contribution < -0.4 is 5.73 Å². The van der Waals surface area contributed by atoms with Crippen molar-refractivity contribution in [2.75, 3.05) is 0 Å². The van der Waals surface area contributed by atoms with Crippen LogP contribution in [0.25, 0.3) is 0 Å². The fraction of sp³-hybridized carbons (Fsp3) is 0.250. The fourth-order valence-electron chi connectivity index (χ4n) is 2.95. The van der Waals surface area contributed by atoms with Crippen LogP contribution in [0.5, 0.6) is 0 Å². The molecule has 1 unspecified atom stereocenters. The fourth-order valence-corrected chi connectivity index (χ4v) is 2.95. The Hall–Kier alpha value is -3.59. The van der Waals surface area contributed by atoms with E-state index in [4.69, 9.17) is 11.0 Å². The minimum atomic E-state index is -4.67. The number of aliphatic imine (C=N–C) groups is 1. The summed E-state index contributed by atoms with van der Waals surface area (Å²) >= 11 is 0. The van der Waals surface area contributed by atoms with Gasteiger partial charge in [-0.15, -0.1) is 0 Å². The first-order chi connectivity index (χ1) is 13.6. The summed E-state index contributed by atoms with van der Waals surface area (Å²) < 4.78 is 58.5. The van der Waals surface area contributed by atoms with Crippen molar-refractivity contribution < 1.29 is 22.3 Å². The molecule has 0 radical (unpaired) electrons. The highest BCUT2D eigenvalue weighted by Crippen LogP contribution is 2.40. The first kappa shape index (κ1) is 20.2. The van der Waals surface area contributed by atoms with Crippen LogP contribution in [-0.2, 0) is 10.3 Å². The summed E-state index contributed by atoms with van der Waals surface area (Å²) in [4.78, 5) is 7.82. The standard InChI is InChI=1S/C20H14F4N4O/c1-19(8-17(20(22,23)24)29-18(26)28-19)15-7-12(4-5-16(15)21)2-3-13-6-14(9-25)11-27-10-13/h4-7,10-11,17H,8H2,1H3,(H2,26,28)/t17-,19?/m0/s1. The van der Waals surface area contributed by atoms with Crippen molar-refractivity contribution in [3.63, 3.8) is 0 Å². The Labute approximate surface area is 163 Å². The van der Waals surface area contributed by atoms with E-state index < -0.39 is 36.1 Å². The predicted molar refractivity (Wildman–Crippen MR) is 95.9 cm³/mol. The van der Waals surface area contributed by atoms with Gasteiger partial charge < -0.3 is 10.5 Å². The summed E-state index contributed by atoms with van der Waals surface area (Å²) in [7, 11) is 0. The van der Waals surface area contributed by atoms with Crippen LogP contribution in [0, 0.1) is 29.0 Å². The zero-order valence-corrected chi connectivity index (χ0v) is 15.1. The van der Waals surface area contributed by atoms with Crippen LogP contribution in [0.3, 0.4) is 0 Å². The Morgan fingerprint density at radius 3 is 2.55 bits per heavy atom. The van der Waals surface area contributed by atoms with E-state index in [0.29, 0.717) is 16.7 Å². The smallest absolute Gasteiger partial charge is 0.425 e. The van der Waals surface area contributed by atoms with Crippen molar-refractivity contribution in [1.82, 2.24) is 4.98 Å². The number of alkyl halides is 3. The van der Waals surface area contributed by atoms with Gasteiger partial charge in [-0.1, -0.05) is 11.8 Å². The molecule has 1 aliphatic heterocycles. The molecule has 29 heavy (non-hydrogen) atoms. The maximum Gasteiger partial charge on any atom is 0.425 e. The summed E-state index contributed by atoms with van der Waals surface area (Å²) in [6.45, 7) is 1.36. The molecule has 5 nitrogen and oxygen atoms in total. The summed E-state index contributed by atoms with van der Waals surface area (Å²) in [5, 5.41) is 8.89. The number of nitrogens with two attached hydrogens (primary N) is 1. The van der Waals surface area contributed by atoms with Crippen LogP contribution in [-0.4, -0.2) is 23.3 Å². The number of halogens is 4. The number of benzene rings is 1. The topological polar surface area (TPSA) is 84.3 Å². The third-order valence-corrected chi connectivity index (χ3v) is 4.33. The van der Waals surface area contributed by atoms with E-state index in [1.165, 1.54) is 37.5 Å². The van der Waals surface area contributed by atoms with E-state index in [1.54, 1.807) is 0 Å². The highest BCUT2D eigenvalue weighted by molar-refractivity contribution is 5.73. The highest BCUT2D eigenvalue weighted by Gasteiger charge is 2.50.